The molecule has 0 spiro atoms. The lowest BCUT2D eigenvalue weighted by Crippen LogP contribution is -2.32. The van der Waals surface area contributed by atoms with Crippen LogP contribution in [0.4, 0.5) is 23.2 Å². The van der Waals surface area contributed by atoms with Gasteiger partial charge < -0.3 is 15.4 Å². The van der Waals surface area contributed by atoms with Crippen molar-refractivity contribution in [3.05, 3.63) is 29.6 Å². The first kappa shape index (κ1) is 16.2. The summed E-state index contributed by atoms with van der Waals surface area (Å²) in [6.07, 6.45) is -4.56. The molecule has 2 N–H and O–H groups in total. The van der Waals surface area contributed by atoms with Gasteiger partial charge in [0.1, 0.15) is 5.82 Å². The second-order valence-electron chi connectivity index (χ2n) is 3.89. The normalized spacial score (nSPS) is 11.2. The molecule has 0 unspecified atom stereocenters. The minimum atomic E-state index is -4.56. The van der Waals surface area contributed by atoms with Gasteiger partial charge in [-0.2, -0.15) is 13.2 Å². The van der Waals surface area contributed by atoms with E-state index in [0.29, 0.717) is 24.8 Å². The van der Waals surface area contributed by atoms with Crippen molar-refractivity contribution in [2.24, 2.45) is 0 Å². The monoisotopic (exact) mass is 294 g/mol. The fourth-order valence-corrected chi connectivity index (χ4v) is 1.37. The van der Waals surface area contributed by atoms with Crippen LogP contribution < -0.4 is 10.6 Å². The maximum Gasteiger partial charge on any atom is 0.416 e. The third-order valence-corrected chi connectivity index (χ3v) is 2.36. The maximum atomic E-state index is 13.3. The van der Waals surface area contributed by atoms with E-state index in [1.165, 1.54) is 7.11 Å². The summed E-state index contributed by atoms with van der Waals surface area (Å²) in [6.45, 7) is 0.244. The molecule has 0 saturated heterocycles. The smallest absolute Gasteiger partial charge is 0.383 e. The lowest BCUT2D eigenvalue weighted by Gasteiger charge is -2.11. The molecule has 0 aliphatic rings. The van der Waals surface area contributed by atoms with Crippen LogP contribution in [0.15, 0.2) is 18.2 Å². The van der Waals surface area contributed by atoms with E-state index in [2.05, 4.69) is 10.6 Å². The molecule has 8 heteroatoms. The lowest BCUT2D eigenvalue weighted by molar-refractivity contribution is -0.137. The Morgan fingerprint density at radius 1 is 1.35 bits per heavy atom. The number of hydrogen-bond donors (Lipinski definition) is 2. The number of carbonyl (C=O) groups is 1. The van der Waals surface area contributed by atoms with Crippen LogP contribution in [0, 0.1) is 5.82 Å². The van der Waals surface area contributed by atoms with Crippen molar-refractivity contribution in [1.82, 2.24) is 5.32 Å². The summed E-state index contributed by atoms with van der Waals surface area (Å²) in [5, 5.41) is 4.77. The third-order valence-electron chi connectivity index (χ3n) is 2.36. The largest absolute Gasteiger partial charge is 0.416 e. The van der Waals surface area contributed by atoms with Gasteiger partial charge in [-0.25, -0.2) is 4.39 Å². The second kappa shape index (κ2) is 7.09. The van der Waals surface area contributed by atoms with Crippen molar-refractivity contribution < 1.29 is 27.1 Å². The minimum absolute atomic E-state index is 0.266. The SMILES string of the molecule is COCCNC(=O)CNc1cc(C(F)(F)F)ccc1F. The zero-order chi connectivity index (χ0) is 15.2. The average molecular weight is 294 g/mol. The van der Waals surface area contributed by atoms with Crippen molar-refractivity contribution in [3.63, 3.8) is 0 Å². The first-order valence-electron chi connectivity index (χ1n) is 5.71. The van der Waals surface area contributed by atoms with E-state index in [4.69, 9.17) is 4.74 Å². The first-order valence-corrected chi connectivity index (χ1v) is 5.71. The molecule has 112 valence electrons. The Morgan fingerprint density at radius 2 is 2.05 bits per heavy atom. The number of amides is 1. The molecule has 0 bridgehead atoms. The molecule has 1 amide bonds. The zero-order valence-corrected chi connectivity index (χ0v) is 10.7. The Hall–Kier alpha value is -1.83. The van der Waals surface area contributed by atoms with Gasteiger partial charge in [0.05, 0.1) is 24.4 Å². The predicted octanol–water partition coefficient (Wildman–Crippen LogP) is 2.02. The number of anilines is 1. The number of halogens is 4. The molecule has 0 atom stereocenters. The molecular formula is C12H14F4N2O2. The van der Waals surface area contributed by atoms with Gasteiger partial charge >= 0.3 is 6.18 Å². The van der Waals surface area contributed by atoms with Crippen LogP contribution in [0.2, 0.25) is 0 Å². The van der Waals surface area contributed by atoms with Crippen LogP contribution in [0.25, 0.3) is 0 Å². The number of carbonyl (C=O) groups excluding carboxylic acids is 1. The number of hydrogen-bond acceptors (Lipinski definition) is 3. The fraction of sp³-hybridized carbons (Fsp3) is 0.417. The summed E-state index contributed by atoms with van der Waals surface area (Å²) < 4.78 is 55.4. The molecule has 0 aliphatic carbocycles. The summed E-state index contributed by atoms with van der Waals surface area (Å²) >= 11 is 0. The molecule has 0 fully saturated rings. The molecule has 0 radical (unpaired) electrons. The third kappa shape index (κ3) is 5.04. The molecule has 0 heterocycles. The van der Waals surface area contributed by atoms with Gasteiger partial charge in [0.25, 0.3) is 0 Å². The summed E-state index contributed by atoms with van der Waals surface area (Å²) in [6, 6.07) is 1.96. The highest BCUT2D eigenvalue weighted by Gasteiger charge is 2.31. The number of alkyl halides is 3. The molecule has 0 aromatic heterocycles. The van der Waals surface area contributed by atoms with E-state index in [1.54, 1.807) is 0 Å². The van der Waals surface area contributed by atoms with Crippen molar-refractivity contribution in [2.75, 3.05) is 32.1 Å². The highest BCUT2D eigenvalue weighted by molar-refractivity contribution is 5.80. The molecular weight excluding hydrogens is 280 g/mol. The number of methoxy groups -OCH3 is 1. The predicted molar refractivity (Wildman–Crippen MR) is 64.8 cm³/mol. The molecule has 0 aliphatic heterocycles. The van der Waals surface area contributed by atoms with Gasteiger partial charge in [0.2, 0.25) is 5.91 Å². The summed E-state index contributed by atoms with van der Waals surface area (Å²) in [5.41, 5.74) is -1.36. The highest BCUT2D eigenvalue weighted by atomic mass is 19.4. The molecule has 4 nitrogen and oxygen atoms in total. The average Bonchev–Trinajstić information content (AvgIpc) is 2.36. The fourth-order valence-electron chi connectivity index (χ4n) is 1.37. The zero-order valence-electron chi connectivity index (χ0n) is 10.7. The van der Waals surface area contributed by atoms with Gasteiger partial charge in [-0.3, -0.25) is 4.79 Å². The van der Waals surface area contributed by atoms with Crippen molar-refractivity contribution in [2.45, 2.75) is 6.18 Å². The molecule has 1 aromatic rings. The van der Waals surface area contributed by atoms with Gasteiger partial charge in [-0.15, -0.1) is 0 Å². The summed E-state index contributed by atoms with van der Waals surface area (Å²) in [4.78, 5) is 11.3. The molecule has 1 rings (SSSR count). The van der Waals surface area contributed by atoms with E-state index in [9.17, 15) is 22.4 Å². The summed E-state index contributed by atoms with van der Waals surface area (Å²) in [5.74, 6) is -1.33. The van der Waals surface area contributed by atoms with Crippen LogP contribution in [0.5, 0.6) is 0 Å². The molecule has 0 saturated carbocycles. The van der Waals surface area contributed by atoms with Crippen molar-refractivity contribution in [3.8, 4) is 0 Å². The maximum absolute atomic E-state index is 13.3. The molecule has 1 aromatic carbocycles. The first-order chi connectivity index (χ1) is 9.34. The summed E-state index contributed by atoms with van der Waals surface area (Å²) in [7, 11) is 1.46. The van der Waals surface area contributed by atoms with Crippen LogP contribution in [-0.2, 0) is 15.7 Å². The number of ether oxygens (including phenoxy) is 1. The van der Waals surface area contributed by atoms with Crippen molar-refractivity contribution in [1.29, 1.82) is 0 Å². The van der Waals surface area contributed by atoms with E-state index < -0.39 is 23.5 Å². The van der Waals surface area contributed by atoms with Gasteiger partial charge in [0, 0.05) is 13.7 Å². The standard InChI is InChI=1S/C12H14F4N2O2/c1-20-5-4-17-11(19)7-18-10-6-8(12(14,15)16)2-3-9(10)13/h2-3,6,18H,4-5,7H2,1H3,(H,17,19). The lowest BCUT2D eigenvalue weighted by atomic mass is 10.2. The Balaban J connectivity index is 2.61. The topological polar surface area (TPSA) is 50.4 Å². The second-order valence-corrected chi connectivity index (χ2v) is 3.89. The Kier molecular flexibility index (Phi) is 5.75. The van der Waals surface area contributed by atoms with Crippen molar-refractivity contribution >= 4 is 11.6 Å². The van der Waals surface area contributed by atoms with Crippen LogP contribution in [-0.4, -0.2) is 32.7 Å². The number of rotatable bonds is 6. The Morgan fingerprint density at radius 3 is 2.65 bits per heavy atom. The van der Waals surface area contributed by atoms with E-state index >= 15 is 0 Å². The van der Waals surface area contributed by atoms with Gasteiger partial charge in [0.15, 0.2) is 0 Å². The Labute approximate surface area is 113 Å². The van der Waals surface area contributed by atoms with Gasteiger partial charge in [-0.1, -0.05) is 0 Å². The van der Waals surface area contributed by atoms with Crippen LogP contribution in [0.1, 0.15) is 5.56 Å². The van der Waals surface area contributed by atoms with E-state index in [1.807, 2.05) is 0 Å². The van der Waals surface area contributed by atoms with Crippen LogP contribution in [0.3, 0.4) is 0 Å². The number of benzene rings is 1. The quantitative estimate of drug-likeness (QED) is 0.623. The minimum Gasteiger partial charge on any atom is -0.383 e. The highest BCUT2D eigenvalue weighted by Crippen LogP contribution is 2.31. The van der Waals surface area contributed by atoms with E-state index in [-0.39, 0.29) is 18.8 Å². The van der Waals surface area contributed by atoms with E-state index in [0.717, 1.165) is 0 Å². The van der Waals surface area contributed by atoms with Gasteiger partial charge in [-0.05, 0) is 18.2 Å². The number of nitrogens with one attached hydrogen (secondary N) is 2. The van der Waals surface area contributed by atoms with Crippen LogP contribution >= 0.6 is 0 Å². The Bertz CT molecular complexity index is 463. The molecule has 20 heavy (non-hydrogen) atoms.